The van der Waals surface area contributed by atoms with Gasteiger partial charge in [-0.15, -0.1) is 23.2 Å². The number of aliphatic hydroxyl groups is 2. The van der Waals surface area contributed by atoms with E-state index in [2.05, 4.69) is 15.9 Å². The van der Waals surface area contributed by atoms with Crippen molar-refractivity contribution in [3.63, 3.8) is 0 Å². The molecule has 0 aromatic rings. The van der Waals surface area contributed by atoms with Crippen LogP contribution in [0.5, 0.6) is 0 Å². The number of rotatable bonds is 4. The van der Waals surface area contributed by atoms with Crippen molar-refractivity contribution >= 4 is 56.7 Å². The molecule has 4 aliphatic carbocycles. The molecule has 0 saturated heterocycles. The zero-order chi connectivity index (χ0) is 25.6. The molecule has 188 valence electrons. The number of fused-ring (bicyclic) bond motifs is 5. The van der Waals surface area contributed by atoms with Crippen LogP contribution in [0.2, 0.25) is 0 Å². The lowest BCUT2D eigenvalue weighted by Crippen LogP contribution is -2.69. The van der Waals surface area contributed by atoms with Gasteiger partial charge in [0.1, 0.15) is 17.9 Å². The average Bonchev–Trinajstić information content (AvgIpc) is 2.93. The first-order valence-corrected chi connectivity index (χ1v) is 12.9. The molecular formula is C24H28BrCl2FO6. The fraction of sp³-hybridized carbons (Fsp3) is 0.708. The maximum atomic E-state index is 15.6. The maximum absolute atomic E-state index is 15.6. The fourth-order valence-corrected chi connectivity index (χ4v) is 9.33. The van der Waals surface area contributed by atoms with Crippen molar-refractivity contribution in [1.29, 1.82) is 0 Å². The monoisotopic (exact) mass is 580 g/mol. The molecule has 0 aliphatic heterocycles. The number of alkyl halides is 3. The molecule has 4 aliphatic rings. The van der Waals surface area contributed by atoms with Crippen molar-refractivity contribution in [3.05, 3.63) is 22.2 Å². The molecule has 0 aromatic heterocycles. The highest BCUT2D eigenvalue weighted by Crippen LogP contribution is 2.72. The van der Waals surface area contributed by atoms with Gasteiger partial charge in [-0.1, -0.05) is 26.8 Å². The van der Waals surface area contributed by atoms with Crippen molar-refractivity contribution in [2.75, 3.05) is 0 Å². The lowest BCUT2D eigenvalue weighted by molar-refractivity contribution is -0.175. The molecule has 3 N–H and O–H groups in total. The number of halogens is 4. The van der Waals surface area contributed by atoms with Gasteiger partial charge in [0.2, 0.25) is 0 Å². The summed E-state index contributed by atoms with van der Waals surface area (Å²) in [6, 6.07) is 0. The van der Waals surface area contributed by atoms with Gasteiger partial charge < -0.3 is 15.3 Å². The van der Waals surface area contributed by atoms with E-state index in [1.54, 1.807) is 26.8 Å². The highest BCUT2D eigenvalue weighted by atomic mass is 79.9. The van der Waals surface area contributed by atoms with Gasteiger partial charge in [0.15, 0.2) is 11.6 Å². The second kappa shape index (κ2) is 8.10. The van der Waals surface area contributed by atoms with Gasteiger partial charge in [-0.2, -0.15) is 0 Å². The van der Waals surface area contributed by atoms with E-state index in [0.29, 0.717) is 6.42 Å². The summed E-state index contributed by atoms with van der Waals surface area (Å²) in [6.07, 6.45) is -0.876. The molecule has 3 saturated carbocycles. The van der Waals surface area contributed by atoms with E-state index in [9.17, 15) is 24.6 Å². The molecule has 0 heterocycles. The van der Waals surface area contributed by atoms with Gasteiger partial charge >= 0.3 is 5.97 Å². The smallest absolute Gasteiger partial charge is 0.306 e. The number of carbonyl (C=O) groups excluding carboxylic acids is 2. The third-order valence-corrected chi connectivity index (χ3v) is 11.4. The minimum atomic E-state index is -2.06. The highest BCUT2D eigenvalue weighted by molar-refractivity contribution is 9.12. The lowest BCUT2D eigenvalue weighted by Gasteiger charge is -2.64. The minimum Gasteiger partial charge on any atom is -0.481 e. The van der Waals surface area contributed by atoms with Crippen molar-refractivity contribution in [1.82, 2.24) is 0 Å². The Morgan fingerprint density at radius 2 is 1.91 bits per heavy atom. The van der Waals surface area contributed by atoms with Gasteiger partial charge in [0.25, 0.3) is 0 Å². The van der Waals surface area contributed by atoms with E-state index in [0.717, 1.165) is 0 Å². The lowest BCUT2D eigenvalue weighted by atomic mass is 9.46. The number of aliphatic carboxylic acids is 1. The van der Waals surface area contributed by atoms with Gasteiger partial charge in [-0.3, -0.25) is 14.4 Å². The predicted octanol–water partition coefficient (Wildman–Crippen LogP) is 3.93. The molecule has 6 nitrogen and oxygen atoms in total. The average molecular weight is 582 g/mol. The number of carbonyl (C=O) groups is 3. The van der Waals surface area contributed by atoms with Crippen molar-refractivity contribution in [3.8, 4) is 0 Å². The summed E-state index contributed by atoms with van der Waals surface area (Å²) in [5.74, 6) is -4.29. The largest absolute Gasteiger partial charge is 0.481 e. The van der Waals surface area contributed by atoms with Crippen LogP contribution in [-0.2, 0) is 14.4 Å². The standard InChI is InChI=1S/C24H28BrCl2FO6/c1-10-4-11-12-5-15(28)13-6-16(29)14(25)8-21(13,2)23(12,27)18(26)9-22(11,3)24(10,34)20(33)17(30)7-19(31)32/h6,8,10-12,15,17-18,30,34H,4-5,7,9H2,1-3H3,(H,31,32)/t10-,11-,12-,15+,17?,18-,21-,22-,23-,24-/m0/s1. The van der Waals surface area contributed by atoms with Crippen LogP contribution >= 0.6 is 39.1 Å². The van der Waals surface area contributed by atoms with Crippen LogP contribution in [0.25, 0.3) is 0 Å². The number of carboxylic acids is 1. The summed E-state index contributed by atoms with van der Waals surface area (Å²) in [7, 11) is 0. The Labute approximate surface area is 215 Å². The number of hydrogen-bond donors (Lipinski definition) is 3. The Morgan fingerprint density at radius 1 is 1.29 bits per heavy atom. The van der Waals surface area contributed by atoms with Gasteiger partial charge in [-0.25, -0.2) is 4.39 Å². The van der Waals surface area contributed by atoms with Gasteiger partial charge in [0, 0.05) is 10.8 Å². The Hall–Kier alpha value is -0.800. The quantitative estimate of drug-likeness (QED) is 0.434. The second-order valence-electron chi connectivity index (χ2n) is 10.8. The number of allylic oxidation sites excluding steroid dienone is 4. The predicted molar refractivity (Wildman–Crippen MR) is 128 cm³/mol. The Balaban J connectivity index is 1.82. The van der Waals surface area contributed by atoms with Crippen LogP contribution in [0.15, 0.2) is 22.2 Å². The number of Topliss-reactive ketones (excluding diaryl/α,β-unsaturated/α-hetero) is 1. The first kappa shape index (κ1) is 26.3. The highest BCUT2D eigenvalue weighted by Gasteiger charge is 2.75. The van der Waals surface area contributed by atoms with Crippen LogP contribution < -0.4 is 0 Å². The SMILES string of the molecule is C[C@H]1C[C@H]2[C@@H]3C[C@@H](F)C4=CC(=O)C(Br)=C[C@]4(C)[C@@]3(Cl)[C@@H](Cl)C[C@]2(C)[C@@]1(O)C(=O)C(O)CC(=O)O. The van der Waals surface area contributed by atoms with Crippen LogP contribution in [0.1, 0.15) is 46.5 Å². The summed E-state index contributed by atoms with van der Waals surface area (Å²) in [4.78, 5) is 35.5. The summed E-state index contributed by atoms with van der Waals surface area (Å²) in [5.41, 5.74) is -4.04. The molecular weight excluding hydrogens is 554 g/mol. The van der Waals surface area contributed by atoms with Crippen molar-refractivity contribution in [2.45, 2.75) is 74.6 Å². The zero-order valence-electron chi connectivity index (χ0n) is 19.0. The van der Waals surface area contributed by atoms with E-state index in [-0.39, 0.29) is 28.7 Å². The molecule has 3 fully saturated rings. The maximum Gasteiger partial charge on any atom is 0.306 e. The van der Waals surface area contributed by atoms with Crippen LogP contribution in [-0.4, -0.2) is 61.0 Å². The summed E-state index contributed by atoms with van der Waals surface area (Å²) >= 11 is 17.6. The molecule has 0 radical (unpaired) electrons. The third kappa shape index (κ3) is 3.14. The fourth-order valence-electron chi connectivity index (χ4n) is 7.57. The summed E-state index contributed by atoms with van der Waals surface area (Å²) in [6.45, 7) is 5.14. The van der Waals surface area contributed by atoms with Crippen LogP contribution in [0.4, 0.5) is 4.39 Å². The third-order valence-electron chi connectivity index (χ3n) is 9.27. The zero-order valence-corrected chi connectivity index (χ0v) is 22.1. The molecule has 0 bridgehead atoms. The number of carboxylic acid groups (broad SMARTS) is 1. The van der Waals surface area contributed by atoms with Gasteiger partial charge in [0.05, 0.1) is 21.2 Å². The first-order chi connectivity index (χ1) is 15.6. The Morgan fingerprint density at radius 3 is 2.50 bits per heavy atom. The molecule has 1 unspecified atom stereocenters. The molecule has 0 amide bonds. The topological polar surface area (TPSA) is 112 Å². The first-order valence-electron chi connectivity index (χ1n) is 11.3. The van der Waals surface area contributed by atoms with E-state index in [1.165, 1.54) is 6.08 Å². The Kier molecular flexibility index (Phi) is 6.26. The number of ketones is 2. The van der Waals surface area contributed by atoms with Gasteiger partial charge in [-0.05, 0) is 64.6 Å². The van der Waals surface area contributed by atoms with Crippen LogP contribution in [0.3, 0.4) is 0 Å². The van der Waals surface area contributed by atoms with E-state index < -0.39 is 74.9 Å². The Bertz CT molecular complexity index is 1030. The molecule has 34 heavy (non-hydrogen) atoms. The van der Waals surface area contributed by atoms with E-state index in [1.807, 2.05) is 0 Å². The number of aliphatic hydroxyl groups excluding tert-OH is 1. The van der Waals surface area contributed by atoms with E-state index >= 15 is 4.39 Å². The minimum absolute atomic E-state index is 0.0260. The molecule has 4 rings (SSSR count). The molecule has 10 heteroatoms. The van der Waals surface area contributed by atoms with Crippen molar-refractivity contribution in [2.24, 2.45) is 28.6 Å². The second-order valence-corrected chi connectivity index (χ2v) is 12.8. The molecule has 0 spiro atoms. The van der Waals surface area contributed by atoms with E-state index in [4.69, 9.17) is 28.3 Å². The van der Waals surface area contributed by atoms with Crippen LogP contribution in [0, 0.1) is 28.6 Å². The van der Waals surface area contributed by atoms with Crippen molar-refractivity contribution < 1.29 is 34.1 Å². The summed E-state index contributed by atoms with van der Waals surface area (Å²) < 4.78 is 15.9. The summed E-state index contributed by atoms with van der Waals surface area (Å²) in [5, 5.41) is 30.4. The molecule has 10 atom stereocenters. The normalized spacial score (nSPS) is 48.7. The molecule has 0 aromatic carbocycles. The number of hydrogen-bond acceptors (Lipinski definition) is 5.